The number of carboxylic acids is 1. The Kier molecular flexibility index (Phi) is 7.51. The van der Waals surface area contributed by atoms with Crippen molar-refractivity contribution in [2.24, 2.45) is 0 Å². The molecule has 1 N–H and O–H groups in total. The highest BCUT2D eigenvalue weighted by Gasteiger charge is 2.38. The zero-order chi connectivity index (χ0) is 23.4. The van der Waals surface area contributed by atoms with Crippen LogP contribution in [-0.4, -0.2) is 51.9 Å². The second kappa shape index (κ2) is 9.53. The Hall–Kier alpha value is -2.84. The molecular formula is C22H27F3N2O4. The maximum atomic E-state index is 12.2. The molecule has 0 atom stereocenters. The lowest BCUT2D eigenvalue weighted by molar-refractivity contribution is -0.192. The van der Waals surface area contributed by atoms with E-state index in [0.29, 0.717) is 5.92 Å². The summed E-state index contributed by atoms with van der Waals surface area (Å²) in [4.78, 5) is 27.4. The van der Waals surface area contributed by atoms with Crippen molar-refractivity contribution in [3.63, 3.8) is 0 Å². The molecule has 0 spiro atoms. The molecule has 1 aromatic heterocycles. The van der Waals surface area contributed by atoms with Gasteiger partial charge in [0, 0.05) is 24.7 Å². The maximum absolute atomic E-state index is 12.2. The van der Waals surface area contributed by atoms with Crippen molar-refractivity contribution in [1.82, 2.24) is 9.88 Å². The lowest BCUT2D eigenvalue weighted by Gasteiger charge is -2.34. The summed E-state index contributed by atoms with van der Waals surface area (Å²) in [5.41, 5.74) is 3.29. The quantitative estimate of drug-likeness (QED) is 0.652. The van der Waals surface area contributed by atoms with E-state index in [1.54, 1.807) is 0 Å². The van der Waals surface area contributed by atoms with Crippen LogP contribution in [0, 0.1) is 6.92 Å². The summed E-state index contributed by atoms with van der Waals surface area (Å²) in [7, 11) is 0. The van der Waals surface area contributed by atoms with E-state index in [-0.39, 0.29) is 6.09 Å². The Morgan fingerprint density at radius 2 is 1.74 bits per heavy atom. The first-order valence-corrected chi connectivity index (χ1v) is 9.91. The second-order valence-corrected chi connectivity index (χ2v) is 8.45. The van der Waals surface area contributed by atoms with Gasteiger partial charge in [-0.1, -0.05) is 6.07 Å². The summed E-state index contributed by atoms with van der Waals surface area (Å²) in [6.45, 7) is 9.39. The van der Waals surface area contributed by atoms with Crippen LogP contribution in [0.3, 0.4) is 0 Å². The molecule has 0 bridgehead atoms. The smallest absolute Gasteiger partial charge is 0.475 e. The Bertz CT molecular complexity index is 930. The largest absolute Gasteiger partial charge is 0.490 e. The van der Waals surface area contributed by atoms with E-state index in [2.05, 4.69) is 30.1 Å². The van der Waals surface area contributed by atoms with Crippen LogP contribution in [0.4, 0.5) is 18.0 Å². The third kappa shape index (κ3) is 7.11. The standard InChI is InChI=1S/C20H26N2O2.C2HF3O2/c1-14-12-18-16(6-5-9-21-18)13-17(14)15-7-10-22(11-8-15)19(23)24-20(2,3)4;3-2(4,5)1(6)7/h5-6,9,12-13,15H,7-8,10-11H2,1-4H3;(H,6,7). The summed E-state index contributed by atoms with van der Waals surface area (Å²) in [6, 6.07) is 8.53. The van der Waals surface area contributed by atoms with Crippen LogP contribution in [0.1, 0.15) is 50.7 Å². The summed E-state index contributed by atoms with van der Waals surface area (Å²) < 4.78 is 37.2. The molecule has 6 nitrogen and oxygen atoms in total. The summed E-state index contributed by atoms with van der Waals surface area (Å²) >= 11 is 0. The number of piperidine rings is 1. The average Bonchev–Trinajstić information content (AvgIpc) is 2.66. The minimum Gasteiger partial charge on any atom is -0.475 e. The zero-order valence-corrected chi connectivity index (χ0v) is 18.0. The first kappa shape index (κ1) is 24.4. The molecule has 9 heteroatoms. The number of aryl methyl sites for hydroxylation is 1. The van der Waals surface area contributed by atoms with Crippen LogP contribution >= 0.6 is 0 Å². The van der Waals surface area contributed by atoms with Gasteiger partial charge in [-0.15, -0.1) is 0 Å². The number of rotatable bonds is 1. The number of amides is 1. The molecule has 0 aliphatic carbocycles. The number of nitrogens with zero attached hydrogens (tertiary/aromatic N) is 2. The van der Waals surface area contributed by atoms with Gasteiger partial charge >= 0.3 is 18.2 Å². The fourth-order valence-electron chi connectivity index (χ4n) is 3.38. The van der Waals surface area contributed by atoms with Crippen molar-refractivity contribution in [2.45, 2.75) is 58.2 Å². The van der Waals surface area contributed by atoms with E-state index in [1.807, 2.05) is 37.9 Å². The molecule has 1 fully saturated rings. The molecular weight excluding hydrogens is 413 g/mol. The average molecular weight is 440 g/mol. The Morgan fingerprint density at radius 3 is 2.26 bits per heavy atom. The number of halogens is 3. The molecule has 31 heavy (non-hydrogen) atoms. The van der Waals surface area contributed by atoms with Gasteiger partial charge in [0.05, 0.1) is 5.52 Å². The predicted molar refractivity (Wildman–Crippen MR) is 110 cm³/mol. The van der Waals surface area contributed by atoms with E-state index >= 15 is 0 Å². The molecule has 0 radical (unpaired) electrons. The van der Waals surface area contributed by atoms with Gasteiger partial charge in [0.25, 0.3) is 0 Å². The van der Waals surface area contributed by atoms with Gasteiger partial charge < -0.3 is 14.7 Å². The van der Waals surface area contributed by atoms with Crippen LogP contribution in [0.25, 0.3) is 10.9 Å². The molecule has 2 heterocycles. The van der Waals surface area contributed by atoms with E-state index < -0.39 is 17.7 Å². The molecule has 1 aliphatic heterocycles. The third-order valence-corrected chi connectivity index (χ3v) is 4.82. The topological polar surface area (TPSA) is 79.7 Å². The number of aromatic nitrogens is 1. The van der Waals surface area contributed by atoms with Gasteiger partial charge in [0.15, 0.2) is 0 Å². The number of alkyl halides is 3. The third-order valence-electron chi connectivity index (χ3n) is 4.82. The first-order valence-electron chi connectivity index (χ1n) is 9.91. The number of benzene rings is 1. The molecule has 1 aliphatic rings. The van der Waals surface area contributed by atoms with Gasteiger partial charge in [-0.05, 0) is 75.8 Å². The SMILES string of the molecule is Cc1cc2ncccc2cc1C1CCN(C(=O)OC(C)(C)C)CC1.O=C(O)C(F)(F)F. The molecule has 0 unspecified atom stereocenters. The van der Waals surface area contributed by atoms with Crippen LogP contribution in [-0.2, 0) is 9.53 Å². The molecule has 170 valence electrons. The fraction of sp³-hybridized carbons (Fsp3) is 0.500. The van der Waals surface area contributed by atoms with Crippen LogP contribution < -0.4 is 0 Å². The molecule has 3 rings (SSSR count). The van der Waals surface area contributed by atoms with E-state index in [9.17, 15) is 18.0 Å². The van der Waals surface area contributed by atoms with Crippen LogP contribution in [0.5, 0.6) is 0 Å². The number of hydrogen-bond donors (Lipinski definition) is 1. The van der Waals surface area contributed by atoms with Gasteiger partial charge in [0.2, 0.25) is 0 Å². The maximum Gasteiger partial charge on any atom is 0.490 e. The number of fused-ring (bicyclic) bond motifs is 1. The number of pyridine rings is 1. The van der Waals surface area contributed by atoms with E-state index in [0.717, 1.165) is 31.4 Å². The van der Waals surface area contributed by atoms with Gasteiger partial charge in [-0.25, -0.2) is 9.59 Å². The van der Waals surface area contributed by atoms with E-state index in [1.165, 1.54) is 16.5 Å². The Labute approximate surface area is 179 Å². The predicted octanol–water partition coefficient (Wildman–Crippen LogP) is 5.29. The molecule has 1 amide bonds. The molecule has 2 aromatic rings. The molecule has 1 aromatic carbocycles. The van der Waals surface area contributed by atoms with E-state index in [4.69, 9.17) is 14.6 Å². The monoisotopic (exact) mass is 440 g/mol. The normalized spacial score (nSPS) is 15.3. The molecule has 1 saturated heterocycles. The number of carbonyl (C=O) groups is 2. The Morgan fingerprint density at radius 1 is 1.16 bits per heavy atom. The van der Waals surface area contributed by atoms with Crippen LogP contribution in [0.2, 0.25) is 0 Å². The highest BCUT2D eigenvalue weighted by molar-refractivity contribution is 5.80. The Balaban J connectivity index is 0.000000423. The molecule has 0 saturated carbocycles. The zero-order valence-electron chi connectivity index (χ0n) is 18.0. The first-order chi connectivity index (χ1) is 14.3. The van der Waals surface area contributed by atoms with Crippen molar-refractivity contribution in [2.75, 3.05) is 13.1 Å². The number of carboxylic acid groups (broad SMARTS) is 1. The van der Waals surface area contributed by atoms with Crippen molar-refractivity contribution >= 4 is 23.0 Å². The fourth-order valence-corrected chi connectivity index (χ4v) is 3.38. The minimum atomic E-state index is -5.08. The van der Waals surface area contributed by atoms with Gasteiger partial charge in [-0.3, -0.25) is 4.98 Å². The van der Waals surface area contributed by atoms with Gasteiger partial charge in [0.1, 0.15) is 5.60 Å². The number of hydrogen-bond acceptors (Lipinski definition) is 4. The van der Waals surface area contributed by atoms with Crippen molar-refractivity contribution < 1.29 is 32.6 Å². The number of likely N-dealkylation sites (tertiary alicyclic amines) is 1. The van der Waals surface area contributed by atoms with Gasteiger partial charge in [-0.2, -0.15) is 13.2 Å². The summed E-state index contributed by atoms with van der Waals surface area (Å²) in [5.74, 6) is -2.26. The minimum absolute atomic E-state index is 0.194. The number of aliphatic carboxylic acids is 1. The highest BCUT2D eigenvalue weighted by Crippen LogP contribution is 2.32. The lowest BCUT2D eigenvalue weighted by atomic mass is 9.86. The highest BCUT2D eigenvalue weighted by atomic mass is 19.4. The lowest BCUT2D eigenvalue weighted by Crippen LogP contribution is -2.41. The van der Waals surface area contributed by atoms with Crippen LogP contribution in [0.15, 0.2) is 30.5 Å². The van der Waals surface area contributed by atoms with Crippen molar-refractivity contribution in [1.29, 1.82) is 0 Å². The number of ether oxygens (including phenoxy) is 1. The summed E-state index contributed by atoms with van der Waals surface area (Å²) in [6.07, 6.45) is -1.49. The number of carbonyl (C=O) groups excluding carboxylic acids is 1. The summed E-state index contributed by atoms with van der Waals surface area (Å²) in [5, 5.41) is 8.31. The second-order valence-electron chi connectivity index (χ2n) is 8.45. The van der Waals surface area contributed by atoms with Crippen molar-refractivity contribution in [3.8, 4) is 0 Å². The van der Waals surface area contributed by atoms with Crippen molar-refractivity contribution in [3.05, 3.63) is 41.6 Å².